The van der Waals surface area contributed by atoms with Gasteiger partial charge in [-0.2, -0.15) is 10.2 Å². The van der Waals surface area contributed by atoms with Crippen LogP contribution in [0.2, 0.25) is 0 Å². The van der Waals surface area contributed by atoms with Gasteiger partial charge < -0.3 is 9.47 Å². The van der Waals surface area contributed by atoms with E-state index in [1.807, 2.05) is 63.2 Å². The normalized spacial score (nSPS) is 16.2. The fourth-order valence-electron chi connectivity index (χ4n) is 7.79. The molecule has 0 unspecified atom stereocenters. The summed E-state index contributed by atoms with van der Waals surface area (Å²) < 4.78 is 53.2. The number of ketones is 1. The number of carbonyl (C=O) groups is 1. The number of nitrogens with zero attached hydrogens (tertiary/aromatic N) is 2. The van der Waals surface area contributed by atoms with Gasteiger partial charge in [-0.1, -0.05) is 106 Å². The summed E-state index contributed by atoms with van der Waals surface area (Å²) in [5.74, 6) is -0.571. The number of aryl methyl sites for hydroxylation is 2. The molecule has 0 radical (unpaired) electrons. The van der Waals surface area contributed by atoms with Crippen LogP contribution in [0.5, 0.6) is 0 Å². The molecule has 3 aliphatic rings. The monoisotopic (exact) mass is 864 g/mol. The molecule has 5 aromatic rings. The molecule has 9 heteroatoms. The molecule has 0 bridgehead atoms. The topological polar surface area (TPSA) is 60.3 Å². The summed E-state index contributed by atoms with van der Waals surface area (Å²) in [5.41, 5.74) is 5.59. The van der Waals surface area contributed by atoms with Crippen molar-refractivity contribution in [3.05, 3.63) is 129 Å². The van der Waals surface area contributed by atoms with Crippen molar-refractivity contribution in [3.8, 4) is 11.1 Å². The Morgan fingerprint density at radius 3 is 2.11 bits per heavy atom. The lowest BCUT2D eigenvalue weighted by molar-refractivity contribution is -0.150. The fraction of sp³-hybridized carbons (Fsp3) is 0.453. The Balaban J connectivity index is 0.000000167. The standard InChI is InChI=1S/C25H21FN2S.C16H30O2.C12H12F2O/c1-16-8-10-21(22-11-9-17(2)13-23(22)26)20(12-16)15-27-28-18(3)25-14-19-6-4-5-7-24(19)29-25;1-2-16(13-18-14-16)12-17-11-6-4-3-5-8-15-9-7-10-15;1-7-10(13)5-9(6-11(7)14)12(15)8-3-2-4-8/h4-15H,1-3H3;15H,2-14H2,1H3;5-6,8H,2-4H2,1H3/b27-15+,28-18+;;. The highest BCUT2D eigenvalue weighted by Crippen LogP contribution is 2.33. The van der Waals surface area contributed by atoms with Gasteiger partial charge in [-0.15, -0.1) is 11.3 Å². The van der Waals surface area contributed by atoms with Gasteiger partial charge in [0.2, 0.25) is 0 Å². The van der Waals surface area contributed by atoms with Crippen molar-refractivity contribution in [2.24, 2.45) is 27.5 Å². The van der Waals surface area contributed by atoms with Crippen molar-refractivity contribution in [1.29, 1.82) is 0 Å². The number of carbonyl (C=O) groups excluding carboxylic acids is 1. The van der Waals surface area contributed by atoms with Crippen LogP contribution in [0.15, 0.2) is 89.1 Å². The smallest absolute Gasteiger partial charge is 0.166 e. The van der Waals surface area contributed by atoms with Crippen LogP contribution >= 0.6 is 11.3 Å². The Labute approximate surface area is 370 Å². The van der Waals surface area contributed by atoms with E-state index in [9.17, 15) is 18.0 Å². The van der Waals surface area contributed by atoms with E-state index in [4.69, 9.17) is 9.47 Å². The highest BCUT2D eigenvalue weighted by Gasteiger charge is 2.36. The van der Waals surface area contributed by atoms with E-state index in [0.29, 0.717) is 11.0 Å². The molecular formula is C53H63F3N2O3S. The summed E-state index contributed by atoms with van der Waals surface area (Å²) >= 11 is 1.70. The first kappa shape index (κ1) is 47.0. The molecule has 0 N–H and O–H groups in total. The van der Waals surface area contributed by atoms with Crippen LogP contribution in [0.25, 0.3) is 21.2 Å². The Morgan fingerprint density at radius 1 is 0.823 bits per heavy atom. The summed E-state index contributed by atoms with van der Waals surface area (Å²) in [4.78, 5) is 12.8. The number of fused-ring (bicyclic) bond motifs is 1. The minimum Gasteiger partial charge on any atom is -0.381 e. The maximum Gasteiger partial charge on any atom is 0.166 e. The van der Waals surface area contributed by atoms with E-state index < -0.39 is 11.6 Å². The number of halogens is 3. The van der Waals surface area contributed by atoms with Gasteiger partial charge in [0.1, 0.15) is 17.5 Å². The zero-order valence-corrected chi connectivity index (χ0v) is 38.0. The average molecular weight is 865 g/mol. The lowest BCUT2D eigenvalue weighted by Gasteiger charge is -2.40. The second-order valence-corrected chi connectivity index (χ2v) is 18.7. The highest BCUT2D eigenvalue weighted by molar-refractivity contribution is 7.20. The summed E-state index contributed by atoms with van der Waals surface area (Å²) in [7, 11) is 0. The first-order valence-corrected chi connectivity index (χ1v) is 23.4. The third kappa shape index (κ3) is 12.8. The van der Waals surface area contributed by atoms with Crippen LogP contribution in [0.4, 0.5) is 13.2 Å². The number of hydrogen-bond donors (Lipinski definition) is 0. The number of rotatable bonds is 16. The van der Waals surface area contributed by atoms with Crippen LogP contribution < -0.4 is 0 Å². The van der Waals surface area contributed by atoms with Gasteiger partial charge >= 0.3 is 0 Å². The molecule has 2 saturated carbocycles. The minimum atomic E-state index is -0.641. The molecule has 4 aromatic carbocycles. The van der Waals surface area contributed by atoms with E-state index in [0.717, 1.165) is 96.6 Å². The second-order valence-electron chi connectivity index (χ2n) is 17.6. The lowest BCUT2D eigenvalue weighted by Crippen LogP contribution is -2.45. The maximum absolute atomic E-state index is 14.5. The van der Waals surface area contributed by atoms with E-state index in [2.05, 4.69) is 35.3 Å². The molecule has 5 nitrogen and oxygen atoms in total. The van der Waals surface area contributed by atoms with Crippen molar-refractivity contribution in [2.45, 2.75) is 112 Å². The first-order valence-electron chi connectivity index (χ1n) is 22.5. The van der Waals surface area contributed by atoms with Gasteiger partial charge in [0.05, 0.1) is 36.6 Å². The SMILES string of the molecule is C/C(=N\N=C\c1cc(C)ccc1-c1ccc(C)cc1F)c1cc2ccccc2s1.CCC1(COCCCCCCC2CCC2)COC1.Cc1c(F)cc(C(=O)C2CCC2)cc1F. The zero-order valence-electron chi connectivity index (χ0n) is 37.2. The van der Waals surface area contributed by atoms with Crippen molar-refractivity contribution in [1.82, 2.24) is 0 Å². The third-order valence-electron chi connectivity index (χ3n) is 12.7. The largest absolute Gasteiger partial charge is 0.381 e. The molecule has 0 spiro atoms. The Hall–Kier alpha value is -4.44. The predicted octanol–water partition coefficient (Wildman–Crippen LogP) is 14.6. The molecule has 3 fully saturated rings. The Kier molecular flexibility index (Phi) is 17.3. The van der Waals surface area contributed by atoms with Crippen molar-refractivity contribution < 1.29 is 27.4 Å². The molecule has 0 amide bonds. The highest BCUT2D eigenvalue weighted by atomic mass is 32.1. The minimum absolute atomic E-state index is 0.0218. The van der Waals surface area contributed by atoms with Gasteiger partial charge in [0, 0.05) is 44.9 Å². The number of ether oxygens (including phenoxy) is 2. The van der Waals surface area contributed by atoms with Crippen LogP contribution in [-0.2, 0) is 9.47 Å². The summed E-state index contributed by atoms with van der Waals surface area (Å²) in [6, 6.07) is 23.9. The molecule has 2 heterocycles. The summed E-state index contributed by atoms with van der Waals surface area (Å²) in [6.07, 6.45) is 17.0. The van der Waals surface area contributed by atoms with Gasteiger partial charge in [-0.05, 0) is 112 Å². The molecule has 1 aromatic heterocycles. The molecular weight excluding hydrogens is 802 g/mol. The van der Waals surface area contributed by atoms with E-state index >= 15 is 0 Å². The molecule has 62 heavy (non-hydrogen) atoms. The van der Waals surface area contributed by atoms with Gasteiger partial charge in [0.15, 0.2) is 5.78 Å². The quantitative estimate of drug-likeness (QED) is 0.0430. The average Bonchev–Trinajstić information content (AvgIpc) is 3.64. The van der Waals surface area contributed by atoms with Gasteiger partial charge in [0.25, 0.3) is 0 Å². The Bertz CT molecular complexity index is 2260. The molecule has 1 saturated heterocycles. The van der Waals surface area contributed by atoms with Crippen molar-refractivity contribution in [2.75, 3.05) is 26.4 Å². The summed E-state index contributed by atoms with van der Waals surface area (Å²) in [5, 5.41) is 9.91. The van der Waals surface area contributed by atoms with Gasteiger partial charge in [-0.3, -0.25) is 4.79 Å². The van der Waals surface area contributed by atoms with Crippen LogP contribution in [0, 0.1) is 55.5 Å². The van der Waals surface area contributed by atoms with Crippen LogP contribution in [-0.4, -0.2) is 44.1 Å². The second kappa shape index (κ2) is 22.8. The van der Waals surface area contributed by atoms with Crippen LogP contribution in [0.3, 0.4) is 0 Å². The fourth-order valence-corrected chi connectivity index (χ4v) is 8.80. The first-order chi connectivity index (χ1) is 29.9. The van der Waals surface area contributed by atoms with E-state index in [1.165, 1.54) is 74.8 Å². The van der Waals surface area contributed by atoms with E-state index in [1.54, 1.807) is 23.6 Å². The molecule has 8 rings (SSSR count). The molecule has 2 aliphatic carbocycles. The predicted molar refractivity (Wildman–Crippen MR) is 250 cm³/mol. The third-order valence-corrected chi connectivity index (χ3v) is 13.9. The molecule has 330 valence electrons. The van der Waals surface area contributed by atoms with Crippen molar-refractivity contribution >= 4 is 39.1 Å². The number of Topliss-reactive ketones (excluding diaryl/α,β-unsaturated/α-hetero) is 1. The van der Waals surface area contributed by atoms with Gasteiger partial charge in [-0.25, -0.2) is 13.2 Å². The number of thiophene rings is 1. The zero-order chi connectivity index (χ0) is 44.1. The Morgan fingerprint density at radius 2 is 1.50 bits per heavy atom. The molecule has 1 aliphatic heterocycles. The van der Waals surface area contributed by atoms with E-state index in [-0.39, 0.29) is 28.6 Å². The maximum atomic E-state index is 14.5. The van der Waals surface area contributed by atoms with Crippen molar-refractivity contribution in [3.63, 3.8) is 0 Å². The summed E-state index contributed by atoms with van der Waals surface area (Å²) in [6.45, 7) is 13.1. The number of benzene rings is 4. The number of hydrogen-bond acceptors (Lipinski definition) is 6. The van der Waals surface area contributed by atoms with Crippen LogP contribution in [0.1, 0.15) is 128 Å². The number of unbranched alkanes of at least 4 members (excludes halogenated alkanes) is 3. The lowest BCUT2D eigenvalue weighted by atomic mass is 9.80. The molecule has 0 atom stereocenters.